The lowest BCUT2D eigenvalue weighted by molar-refractivity contribution is -0.121. The average molecular weight is 427 g/mol. The molecule has 2 aromatic carbocycles. The SMILES string of the molecule is Cc1oc(-c2ccccc2)nc1CC(=O)NC(C)CCc1ccc(Br)cc1. The highest BCUT2D eigenvalue weighted by atomic mass is 79.9. The number of aromatic nitrogens is 1. The molecule has 0 saturated heterocycles. The molecule has 0 saturated carbocycles. The van der Waals surface area contributed by atoms with E-state index < -0.39 is 0 Å². The molecule has 1 N–H and O–H groups in total. The van der Waals surface area contributed by atoms with Crippen molar-refractivity contribution in [2.45, 2.75) is 39.2 Å². The van der Waals surface area contributed by atoms with E-state index in [1.54, 1.807) is 0 Å². The number of nitrogens with zero attached hydrogens (tertiary/aromatic N) is 1. The summed E-state index contributed by atoms with van der Waals surface area (Å²) in [6.07, 6.45) is 2.04. The second-order valence-corrected chi connectivity index (χ2v) is 7.61. The summed E-state index contributed by atoms with van der Waals surface area (Å²) < 4.78 is 6.80. The van der Waals surface area contributed by atoms with Gasteiger partial charge in [-0.2, -0.15) is 0 Å². The standard InChI is InChI=1S/C22H23BrN2O2/c1-15(8-9-17-10-12-19(23)13-11-17)24-21(26)14-20-16(2)27-22(25-20)18-6-4-3-5-7-18/h3-7,10-13,15H,8-9,14H2,1-2H3,(H,24,26). The molecule has 5 heteroatoms. The van der Waals surface area contributed by atoms with Crippen LogP contribution in [0.3, 0.4) is 0 Å². The Labute approximate surface area is 168 Å². The fraction of sp³-hybridized carbons (Fsp3) is 0.273. The second-order valence-electron chi connectivity index (χ2n) is 6.70. The van der Waals surface area contributed by atoms with Gasteiger partial charge in [-0.3, -0.25) is 4.79 Å². The van der Waals surface area contributed by atoms with E-state index in [-0.39, 0.29) is 18.4 Å². The average Bonchev–Trinajstić information content (AvgIpc) is 3.02. The summed E-state index contributed by atoms with van der Waals surface area (Å²) >= 11 is 3.44. The van der Waals surface area contributed by atoms with Gasteiger partial charge in [-0.25, -0.2) is 4.98 Å². The minimum Gasteiger partial charge on any atom is -0.441 e. The van der Waals surface area contributed by atoms with Crippen LogP contribution in [0.5, 0.6) is 0 Å². The Hall–Kier alpha value is -2.40. The lowest BCUT2D eigenvalue weighted by atomic mass is 10.1. The highest BCUT2D eigenvalue weighted by Gasteiger charge is 2.16. The third-order valence-corrected chi connectivity index (χ3v) is 4.96. The maximum Gasteiger partial charge on any atom is 0.226 e. The molecule has 0 spiro atoms. The number of halogens is 1. The van der Waals surface area contributed by atoms with E-state index in [2.05, 4.69) is 38.4 Å². The van der Waals surface area contributed by atoms with Crippen molar-refractivity contribution in [2.75, 3.05) is 0 Å². The molecule has 3 aromatic rings. The van der Waals surface area contributed by atoms with Gasteiger partial charge in [0, 0.05) is 16.1 Å². The summed E-state index contributed by atoms with van der Waals surface area (Å²) in [5.41, 5.74) is 2.86. The van der Waals surface area contributed by atoms with E-state index >= 15 is 0 Å². The number of rotatable bonds is 7. The van der Waals surface area contributed by atoms with E-state index in [1.807, 2.05) is 56.3 Å². The molecule has 1 aromatic heterocycles. The van der Waals surface area contributed by atoms with Gasteiger partial charge in [0.15, 0.2) is 0 Å². The number of amides is 1. The zero-order chi connectivity index (χ0) is 19.2. The molecule has 0 aliphatic rings. The van der Waals surface area contributed by atoms with Crippen molar-refractivity contribution in [3.05, 3.63) is 76.1 Å². The van der Waals surface area contributed by atoms with Gasteiger partial charge in [-0.1, -0.05) is 46.3 Å². The smallest absolute Gasteiger partial charge is 0.226 e. The maximum absolute atomic E-state index is 12.4. The molecule has 1 atom stereocenters. The van der Waals surface area contributed by atoms with Gasteiger partial charge < -0.3 is 9.73 Å². The second kappa shape index (κ2) is 9.00. The van der Waals surface area contributed by atoms with E-state index in [0.717, 1.165) is 22.9 Å². The summed E-state index contributed by atoms with van der Waals surface area (Å²) in [6.45, 7) is 3.88. The Morgan fingerprint density at radius 1 is 1.15 bits per heavy atom. The van der Waals surface area contributed by atoms with Crippen LogP contribution in [-0.2, 0) is 17.6 Å². The van der Waals surface area contributed by atoms with Gasteiger partial charge in [-0.05, 0) is 56.5 Å². The fourth-order valence-electron chi connectivity index (χ4n) is 2.88. The summed E-state index contributed by atoms with van der Waals surface area (Å²) in [7, 11) is 0. The lowest BCUT2D eigenvalue weighted by Gasteiger charge is -2.13. The number of hydrogen-bond acceptors (Lipinski definition) is 3. The molecule has 1 heterocycles. The number of carbonyl (C=O) groups excluding carboxylic acids is 1. The zero-order valence-electron chi connectivity index (χ0n) is 15.5. The van der Waals surface area contributed by atoms with Gasteiger partial charge in [0.05, 0.1) is 12.1 Å². The maximum atomic E-state index is 12.4. The predicted molar refractivity (Wildman–Crippen MR) is 110 cm³/mol. The van der Waals surface area contributed by atoms with Gasteiger partial charge in [-0.15, -0.1) is 0 Å². The molecular weight excluding hydrogens is 404 g/mol. The Morgan fingerprint density at radius 3 is 2.56 bits per heavy atom. The van der Waals surface area contributed by atoms with Gasteiger partial charge >= 0.3 is 0 Å². The fourth-order valence-corrected chi connectivity index (χ4v) is 3.14. The molecule has 0 aliphatic heterocycles. The molecule has 140 valence electrons. The van der Waals surface area contributed by atoms with Crippen molar-refractivity contribution in [3.8, 4) is 11.5 Å². The first-order valence-electron chi connectivity index (χ1n) is 9.07. The van der Waals surface area contributed by atoms with Crippen LogP contribution in [0.1, 0.15) is 30.4 Å². The van der Waals surface area contributed by atoms with Crippen molar-refractivity contribution >= 4 is 21.8 Å². The highest BCUT2D eigenvalue weighted by molar-refractivity contribution is 9.10. The third kappa shape index (κ3) is 5.54. The summed E-state index contributed by atoms with van der Waals surface area (Å²) in [4.78, 5) is 16.9. The molecule has 4 nitrogen and oxygen atoms in total. The molecular formula is C22H23BrN2O2. The van der Waals surface area contributed by atoms with Crippen LogP contribution >= 0.6 is 15.9 Å². The van der Waals surface area contributed by atoms with Crippen LogP contribution in [0.2, 0.25) is 0 Å². The third-order valence-electron chi connectivity index (χ3n) is 4.43. The largest absolute Gasteiger partial charge is 0.441 e. The van der Waals surface area contributed by atoms with Gasteiger partial charge in [0.25, 0.3) is 0 Å². The first-order chi connectivity index (χ1) is 13.0. The summed E-state index contributed by atoms with van der Waals surface area (Å²) in [5, 5.41) is 3.06. The van der Waals surface area contributed by atoms with Crippen molar-refractivity contribution in [3.63, 3.8) is 0 Å². The zero-order valence-corrected chi connectivity index (χ0v) is 17.1. The summed E-state index contributed by atoms with van der Waals surface area (Å²) in [6, 6.07) is 18.1. The molecule has 0 aliphatic carbocycles. The van der Waals surface area contributed by atoms with Crippen molar-refractivity contribution < 1.29 is 9.21 Å². The van der Waals surface area contributed by atoms with E-state index in [9.17, 15) is 4.79 Å². The molecule has 3 rings (SSSR count). The normalized spacial score (nSPS) is 12.0. The van der Waals surface area contributed by atoms with E-state index in [4.69, 9.17) is 4.42 Å². The van der Waals surface area contributed by atoms with Gasteiger partial charge in [0.2, 0.25) is 11.8 Å². The number of aryl methyl sites for hydroxylation is 2. The monoisotopic (exact) mass is 426 g/mol. The Bertz CT molecular complexity index is 888. The number of hydrogen-bond donors (Lipinski definition) is 1. The van der Waals surface area contributed by atoms with Crippen LogP contribution < -0.4 is 5.32 Å². The van der Waals surface area contributed by atoms with Gasteiger partial charge in [0.1, 0.15) is 5.76 Å². The van der Waals surface area contributed by atoms with Crippen molar-refractivity contribution in [1.82, 2.24) is 10.3 Å². The Kier molecular flexibility index (Phi) is 6.45. The Morgan fingerprint density at radius 2 is 1.85 bits per heavy atom. The first kappa shape index (κ1) is 19.4. The van der Waals surface area contributed by atoms with Crippen molar-refractivity contribution in [1.29, 1.82) is 0 Å². The molecule has 1 unspecified atom stereocenters. The molecule has 1 amide bonds. The van der Waals surface area contributed by atoms with Crippen LogP contribution in [-0.4, -0.2) is 16.9 Å². The quantitative estimate of drug-likeness (QED) is 0.571. The highest BCUT2D eigenvalue weighted by Crippen LogP contribution is 2.21. The number of nitrogens with one attached hydrogen (secondary N) is 1. The van der Waals surface area contributed by atoms with Crippen LogP contribution in [0.25, 0.3) is 11.5 Å². The molecule has 0 radical (unpaired) electrons. The van der Waals surface area contributed by atoms with Crippen LogP contribution in [0.15, 0.2) is 63.5 Å². The van der Waals surface area contributed by atoms with Crippen LogP contribution in [0.4, 0.5) is 0 Å². The first-order valence-corrected chi connectivity index (χ1v) is 9.86. The topological polar surface area (TPSA) is 55.1 Å². The Balaban J connectivity index is 1.53. The molecule has 0 fully saturated rings. The predicted octanol–water partition coefficient (Wildman–Crippen LogP) is 5.09. The molecule has 27 heavy (non-hydrogen) atoms. The van der Waals surface area contributed by atoms with Crippen LogP contribution in [0, 0.1) is 6.92 Å². The summed E-state index contributed by atoms with van der Waals surface area (Å²) in [5.74, 6) is 1.21. The number of carbonyl (C=O) groups is 1. The number of benzene rings is 2. The molecule has 0 bridgehead atoms. The minimum absolute atomic E-state index is 0.0330. The van der Waals surface area contributed by atoms with E-state index in [0.29, 0.717) is 17.3 Å². The number of oxazole rings is 1. The van der Waals surface area contributed by atoms with E-state index in [1.165, 1.54) is 5.56 Å². The minimum atomic E-state index is -0.0330. The van der Waals surface area contributed by atoms with Crippen molar-refractivity contribution in [2.24, 2.45) is 0 Å². The lowest BCUT2D eigenvalue weighted by Crippen LogP contribution is -2.34.